The second kappa shape index (κ2) is 11.2. The number of carbonyl (C=O) groups excluding carboxylic acids is 1. The van der Waals surface area contributed by atoms with E-state index >= 15 is 0 Å². The highest BCUT2D eigenvalue weighted by Gasteiger charge is 2.39. The summed E-state index contributed by atoms with van der Waals surface area (Å²) in [5.74, 6) is 0.287. The number of thioether (sulfide) groups is 2. The first-order valence-corrected chi connectivity index (χ1v) is 13.8. The summed E-state index contributed by atoms with van der Waals surface area (Å²) >= 11 is 3.48. The molecule has 4 rings (SSSR count). The number of nitrogens with zero attached hydrogens (tertiary/aromatic N) is 5. The van der Waals surface area contributed by atoms with Crippen LogP contribution in [0.15, 0.2) is 40.4 Å². The molecule has 2 atom stereocenters. The van der Waals surface area contributed by atoms with E-state index in [9.17, 15) is 4.79 Å². The molecular formula is C25H35N5OS2. The van der Waals surface area contributed by atoms with Gasteiger partial charge < -0.3 is 9.80 Å². The molecule has 0 aliphatic carbocycles. The zero-order chi connectivity index (χ0) is 23.4. The number of hydrogen-bond donors (Lipinski definition) is 0. The minimum absolute atomic E-state index is 0.0861. The Bertz CT molecular complexity index is 934. The van der Waals surface area contributed by atoms with Crippen LogP contribution >= 0.6 is 23.5 Å². The fraction of sp³-hybridized carbons (Fsp3) is 0.560. The van der Waals surface area contributed by atoms with E-state index in [1.807, 2.05) is 19.9 Å². The monoisotopic (exact) mass is 485 g/mol. The highest BCUT2D eigenvalue weighted by Crippen LogP contribution is 2.33. The summed E-state index contributed by atoms with van der Waals surface area (Å²) in [6, 6.07) is 10.7. The first kappa shape index (κ1) is 24.5. The molecule has 6 nitrogen and oxygen atoms in total. The minimum atomic E-state index is -0.0861. The average Bonchev–Trinajstić information content (AvgIpc) is 3.03. The van der Waals surface area contributed by atoms with Gasteiger partial charge in [-0.1, -0.05) is 23.9 Å². The van der Waals surface area contributed by atoms with E-state index in [0.29, 0.717) is 5.25 Å². The standard InChI is InChI=1S/C25H35N5OS2/c1-18-14-19(2)27-25(26-18)33-22-15-23(24(31)29-11-5-10-28(3)12-13-29)30(17-22)16-20-6-8-21(32-4)9-7-20/h6-9,14,22-23H,5,10-13,15-17H2,1-4H3/t22-,23+/m1/s1. The summed E-state index contributed by atoms with van der Waals surface area (Å²) < 4.78 is 0. The molecule has 1 aromatic carbocycles. The van der Waals surface area contributed by atoms with Crippen molar-refractivity contribution in [1.29, 1.82) is 0 Å². The summed E-state index contributed by atoms with van der Waals surface area (Å²) in [6.07, 6.45) is 3.98. The number of likely N-dealkylation sites (tertiary alicyclic amines) is 1. The van der Waals surface area contributed by atoms with Crippen LogP contribution in [0.1, 0.15) is 29.8 Å². The summed E-state index contributed by atoms with van der Waals surface area (Å²) in [6.45, 7) is 9.37. The van der Waals surface area contributed by atoms with Crippen molar-refractivity contribution in [2.24, 2.45) is 0 Å². The molecule has 1 amide bonds. The number of benzene rings is 1. The van der Waals surface area contributed by atoms with E-state index in [1.165, 1.54) is 10.5 Å². The largest absolute Gasteiger partial charge is 0.340 e. The third-order valence-corrected chi connectivity index (χ3v) is 8.27. The van der Waals surface area contributed by atoms with Crippen molar-refractivity contribution in [3.8, 4) is 0 Å². The second-order valence-corrected chi connectivity index (χ2v) is 11.3. The zero-order valence-electron chi connectivity index (χ0n) is 20.2. The number of aromatic nitrogens is 2. The van der Waals surface area contributed by atoms with E-state index in [1.54, 1.807) is 23.5 Å². The molecule has 0 radical (unpaired) electrons. The molecule has 2 aromatic rings. The van der Waals surface area contributed by atoms with Crippen LogP contribution in [0.5, 0.6) is 0 Å². The first-order chi connectivity index (χ1) is 15.9. The van der Waals surface area contributed by atoms with E-state index < -0.39 is 0 Å². The Morgan fingerprint density at radius 2 is 1.79 bits per heavy atom. The van der Waals surface area contributed by atoms with Crippen molar-refractivity contribution in [3.05, 3.63) is 47.3 Å². The van der Waals surface area contributed by atoms with Crippen molar-refractivity contribution in [2.45, 2.75) is 54.6 Å². The lowest BCUT2D eigenvalue weighted by Gasteiger charge is -2.29. The van der Waals surface area contributed by atoms with Gasteiger partial charge >= 0.3 is 0 Å². The van der Waals surface area contributed by atoms with E-state index in [2.05, 4.69) is 62.2 Å². The predicted octanol–water partition coefficient (Wildman–Crippen LogP) is 3.71. The van der Waals surface area contributed by atoms with Gasteiger partial charge in [0.1, 0.15) is 0 Å². The molecule has 2 saturated heterocycles. The van der Waals surface area contributed by atoms with Crippen molar-refractivity contribution < 1.29 is 4.79 Å². The number of rotatable bonds is 6. The number of carbonyl (C=O) groups is 1. The van der Waals surface area contributed by atoms with Crippen molar-refractivity contribution in [1.82, 2.24) is 24.7 Å². The van der Waals surface area contributed by atoms with Crippen LogP contribution in [-0.4, -0.2) is 87.9 Å². The maximum Gasteiger partial charge on any atom is 0.240 e. The molecule has 8 heteroatoms. The molecule has 2 aliphatic heterocycles. The molecule has 0 spiro atoms. The Morgan fingerprint density at radius 1 is 1.06 bits per heavy atom. The zero-order valence-corrected chi connectivity index (χ0v) is 21.8. The van der Waals surface area contributed by atoms with Gasteiger partial charge in [-0.05, 0) is 70.3 Å². The summed E-state index contributed by atoms with van der Waals surface area (Å²) in [5, 5.41) is 1.13. The lowest BCUT2D eigenvalue weighted by Crippen LogP contribution is -2.46. The normalized spacial score (nSPS) is 22.5. The quantitative estimate of drug-likeness (QED) is 0.457. The third kappa shape index (κ3) is 6.50. The van der Waals surface area contributed by atoms with Gasteiger partial charge in [0.25, 0.3) is 0 Å². The van der Waals surface area contributed by atoms with Crippen LogP contribution in [0.2, 0.25) is 0 Å². The third-order valence-electron chi connectivity index (χ3n) is 6.46. The van der Waals surface area contributed by atoms with Gasteiger partial charge in [0.05, 0.1) is 6.04 Å². The Morgan fingerprint density at radius 3 is 2.48 bits per heavy atom. The molecule has 2 fully saturated rings. The lowest BCUT2D eigenvalue weighted by molar-refractivity contribution is -0.136. The van der Waals surface area contributed by atoms with Crippen LogP contribution in [0.25, 0.3) is 0 Å². The fourth-order valence-electron chi connectivity index (χ4n) is 4.72. The second-order valence-electron chi connectivity index (χ2n) is 9.18. The van der Waals surface area contributed by atoms with Crippen molar-refractivity contribution >= 4 is 29.4 Å². The van der Waals surface area contributed by atoms with Gasteiger partial charge in [-0.2, -0.15) is 0 Å². The summed E-state index contributed by atoms with van der Waals surface area (Å²) in [4.78, 5) is 31.0. The maximum atomic E-state index is 13.7. The molecule has 178 valence electrons. The number of likely N-dealkylation sites (N-methyl/N-ethyl adjacent to an activating group) is 1. The summed E-state index contributed by atoms with van der Waals surface area (Å²) in [7, 11) is 2.14. The smallest absolute Gasteiger partial charge is 0.240 e. The number of aryl methyl sites for hydroxylation is 2. The van der Waals surface area contributed by atoms with E-state index in [0.717, 1.165) is 68.7 Å². The van der Waals surface area contributed by atoms with E-state index in [4.69, 9.17) is 0 Å². The summed E-state index contributed by atoms with van der Waals surface area (Å²) in [5.41, 5.74) is 3.25. The molecular weight excluding hydrogens is 450 g/mol. The Kier molecular flexibility index (Phi) is 8.33. The highest BCUT2D eigenvalue weighted by atomic mass is 32.2. The van der Waals surface area contributed by atoms with Crippen LogP contribution in [0.3, 0.4) is 0 Å². The molecule has 33 heavy (non-hydrogen) atoms. The van der Waals surface area contributed by atoms with Crippen LogP contribution in [0.4, 0.5) is 0 Å². The lowest BCUT2D eigenvalue weighted by atomic mass is 10.1. The minimum Gasteiger partial charge on any atom is -0.340 e. The molecule has 3 heterocycles. The molecule has 2 aliphatic rings. The van der Waals surface area contributed by atoms with Gasteiger partial charge in [0, 0.05) is 54.3 Å². The maximum absolute atomic E-state index is 13.7. The molecule has 0 bridgehead atoms. The van der Waals surface area contributed by atoms with Crippen LogP contribution < -0.4 is 0 Å². The highest BCUT2D eigenvalue weighted by molar-refractivity contribution is 7.99. The van der Waals surface area contributed by atoms with Gasteiger partial charge in [-0.15, -0.1) is 11.8 Å². The van der Waals surface area contributed by atoms with Crippen LogP contribution in [-0.2, 0) is 11.3 Å². The Hall–Kier alpha value is -1.61. The van der Waals surface area contributed by atoms with Crippen molar-refractivity contribution in [2.75, 3.05) is 46.0 Å². The molecule has 0 N–H and O–H groups in total. The van der Waals surface area contributed by atoms with Crippen LogP contribution in [0, 0.1) is 13.8 Å². The topological polar surface area (TPSA) is 52.6 Å². The number of amides is 1. The molecule has 1 aromatic heterocycles. The van der Waals surface area contributed by atoms with Gasteiger partial charge in [0.15, 0.2) is 5.16 Å². The first-order valence-electron chi connectivity index (χ1n) is 11.7. The molecule has 0 saturated carbocycles. The molecule has 0 unspecified atom stereocenters. The van der Waals surface area contributed by atoms with E-state index in [-0.39, 0.29) is 11.9 Å². The van der Waals surface area contributed by atoms with Gasteiger partial charge in [0.2, 0.25) is 5.91 Å². The van der Waals surface area contributed by atoms with Gasteiger partial charge in [-0.3, -0.25) is 9.69 Å². The average molecular weight is 486 g/mol. The predicted molar refractivity (Wildman–Crippen MR) is 137 cm³/mol. The Balaban J connectivity index is 1.51. The fourth-order valence-corrected chi connectivity index (χ4v) is 6.36. The Labute approximate surface area is 206 Å². The SMILES string of the molecule is CSc1ccc(CN2C[C@H](Sc3nc(C)cc(C)n3)C[C@H]2C(=O)N2CCCN(C)CC2)cc1. The van der Waals surface area contributed by atoms with Gasteiger partial charge in [-0.25, -0.2) is 9.97 Å². The van der Waals surface area contributed by atoms with Crippen molar-refractivity contribution in [3.63, 3.8) is 0 Å². The number of hydrogen-bond acceptors (Lipinski definition) is 7.